The monoisotopic (exact) mass is 222 g/mol. The van der Waals surface area contributed by atoms with E-state index >= 15 is 0 Å². The van der Waals surface area contributed by atoms with E-state index in [1.165, 1.54) is 5.56 Å². The van der Waals surface area contributed by atoms with Crippen LogP contribution in [0.1, 0.15) is 39.2 Å². The lowest BCUT2D eigenvalue weighted by Gasteiger charge is -2.15. The average molecular weight is 222 g/mol. The summed E-state index contributed by atoms with van der Waals surface area (Å²) in [6, 6.07) is 8.06. The molecule has 0 saturated carbocycles. The molecule has 0 amide bonds. The molecule has 0 fully saturated rings. The van der Waals surface area contributed by atoms with E-state index in [2.05, 4.69) is 26.0 Å². The molecule has 1 aromatic carbocycles. The van der Waals surface area contributed by atoms with E-state index in [1.54, 1.807) is 0 Å². The Bertz CT molecular complexity index is 301. The summed E-state index contributed by atoms with van der Waals surface area (Å²) >= 11 is 0. The highest BCUT2D eigenvalue weighted by atomic mass is 16.5. The van der Waals surface area contributed by atoms with E-state index in [0.717, 1.165) is 5.75 Å². The molecular weight excluding hydrogens is 200 g/mol. The highest BCUT2D eigenvalue weighted by molar-refractivity contribution is 5.28. The third-order valence-electron chi connectivity index (χ3n) is 2.74. The Balaban J connectivity index is 2.49. The van der Waals surface area contributed by atoms with Crippen LogP contribution in [0.5, 0.6) is 5.75 Å². The van der Waals surface area contributed by atoms with Crippen molar-refractivity contribution in [2.75, 3.05) is 6.61 Å². The van der Waals surface area contributed by atoms with E-state index < -0.39 is 6.10 Å². The molecule has 1 unspecified atom stereocenters. The number of hydrogen-bond acceptors (Lipinski definition) is 2. The summed E-state index contributed by atoms with van der Waals surface area (Å²) in [5, 5.41) is 9.61. The van der Waals surface area contributed by atoms with Crippen molar-refractivity contribution in [2.45, 2.75) is 39.7 Å². The standard InChI is InChI=1S/C14H22O2/c1-10(2)12-5-7-13(8-6-12)16-9-14(15)11(3)4/h5-8,10-11,14-15H,9H2,1-4H3. The summed E-state index contributed by atoms with van der Waals surface area (Å²) in [6.07, 6.45) is -0.398. The third-order valence-corrected chi connectivity index (χ3v) is 2.74. The largest absolute Gasteiger partial charge is 0.491 e. The number of hydrogen-bond donors (Lipinski definition) is 1. The summed E-state index contributed by atoms with van der Waals surface area (Å²) in [7, 11) is 0. The van der Waals surface area contributed by atoms with Crippen molar-refractivity contribution in [3.05, 3.63) is 29.8 Å². The number of benzene rings is 1. The molecule has 0 spiro atoms. The number of rotatable bonds is 5. The highest BCUT2D eigenvalue weighted by Crippen LogP contribution is 2.18. The first-order valence-electron chi connectivity index (χ1n) is 5.91. The lowest BCUT2D eigenvalue weighted by atomic mass is 10.0. The minimum Gasteiger partial charge on any atom is -0.491 e. The average Bonchev–Trinajstić information content (AvgIpc) is 2.26. The van der Waals surface area contributed by atoms with Crippen molar-refractivity contribution in [3.63, 3.8) is 0 Å². The molecule has 0 heterocycles. The van der Waals surface area contributed by atoms with Gasteiger partial charge in [-0.25, -0.2) is 0 Å². The fourth-order valence-corrected chi connectivity index (χ4v) is 1.32. The van der Waals surface area contributed by atoms with Gasteiger partial charge in [-0.3, -0.25) is 0 Å². The minimum atomic E-state index is -0.398. The second-order valence-corrected chi connectivity index (χ2v) is 4.85. The quantitative estimate of drug-likeness (QED) is 0.829. The van der Waals surface area contributed by atoms with Crippen LogP contribution in [-0.4, -0.2) is 17.8 Å². The van der Waals surface area contributed by atoms with Crippen LogP contribution in [-0.2, 0) is 0 Å². The van der Waals surface area contributed by atoms with Gasteiger partial charge in [0.25, 0.3) is 0 Å². The summed E-state index contributed by atoms with van der Waals surface area (Å²) in [6.45, 7) is 8.65. The molecule has 0 radical (unpaired) electrons. The number of aliphatic hydroxyl groups excluding tert-OH is 1. The molecule has 1 atom stereocenters. The van der Waals surface area contributed by atoms with Crippen molar-refractivity contribution in [1.29, 1.82) is 0 Å². The van der Waals surface area contributed by atoms with Gasteiger partial charge in [0.05, 0.1) is 6.10 Å². The topological polar surface area (TPSA) is 29.5 Å². The molecule has 0 aliphatic heterocycles. The van der Waals surface area contributed by atoms with Crippen molar-refractivity contribution in [2.24, 2.45) is 5.92 Å². The van der Waals surface area contributed by atoms with Crippen LogP contribution in [0.2, 0.25) is 0 Å². The van der Waals surface area contributed by atoms with Crippen LogP contribution in [0, 0.1) is 5.92 Å². The predicted molar refractivity (Wildman–Crippen MR) is 66.9 cm³/mol. The smallest absolute Gasteiger partial charge is 0.119 e. The summed E-state index contributed by atoms with van der Waals surface area (Å²) in [5.41, 5.74) is 1.30. The van der Waals surface area contributed by atoms with Crippen LogP contribution >= 0.6 is 0 Å². The number of ether oxygens (including phenoxy) is 1. The van der Waals surface area contributed by atoms with Crippen molar-refractivity contribution < 1.29 is 9.84 Å². The fraction of sp³-hybridized carbons (Fsp3) is 0.571. The second-order valence-electron chi connectivity index (χ2n) is 4.85. The number of aliphatic hydroxyl groups is 1. The van der Waals surface area contributed by atoms with Gasteiger partial charge in [0, 0.05) is 0 Å². The Morgan fingerprint density at radius 1 is 1.06 bits per heavy atom. The summed E-state index contributed by atoms with van der Waals surface area (Å²) in [5.74, 6) is 1.59. The van der Waals surface area contributed by atoms with E-state index in [-0.39, 0.29) is 5.92 Å². The van der Waals surface area contributed by atoms with Crippen LogP contribution in [0.3, 0.4) is 0 Å². The maximum absolute atomic E-state index is 9.61. The van der Waals surface area contributed by atoms with Gasteiger partial charge in [-0.15, -0.1) is 0 Å². The van der Waals surface area contributed by atoms with Gasteiger partial charge >= 0.3 is 0 Å². The Morgan fingerprint density at radius 2 is 1.62 bits per heavy atom. The lowest BCUT2D eigenvalue weighted by molar-refractivity contribution is 0.0701. The van der Waals surface area contributed by atoms with Gasteiger partial charge in [-0.1, -0.05) is 39.8 Å². The Kier molecular flexibility index (Phi) is 4.81. The third kappa shape index (κ3) is 3.86. The zero-order valence-corrected chi connectivity index (χ0v) is 10.6. The van der Waals surface area contributed by atoms with Gasteiger partial charge < -0.3 is 9.84 Å². The Labute approximate surface area is 98.3 Å². The summed E-state index contributed by atoms with van der Waals surface area (Å²) < 4.78 is 5.51. The van der Waals surface area contributed by atoms with E-state index in [4.69, 9.17) is 4.74 Å². The van der Waals surface area contributed by atoms with Gasteiger partial charge in [0.15, 0.2) is 0 Å². The van der Waals surface area contributed by atoms with Crippen LogP contribution in [0.15, 0.2) is 24.3 Å². The molecule has 1 aromatic rings. The fourth-order valence-electron chi connectivity index (χ4n) is 1.32. The van der Waals surface area contributed by atoms with Crippen LogP contribution in [0.25, 0.3) is 0 Å². The molecule has 0 saturated heterocycles. The molecule has 1 rings (SSSR count). The Hall–Kier alpha value is -1.02. The van der Waals surface area contributed by atoms with E-state index in [0.29, 0.717) is 12.5 Å². The molecule has 2 nitrogen and oxygen atoms in total. The van der Waals surface area contributed by atoms with Gasteiger partial charge in [0.1, 0.15) is 12.4 Å². The molecule has 0 aliphatic carbocycles. The molecule has 0 aromatic heterocycles. The molecular formula is C14H22O2. The molecule has 0 bridgehead atoms. The molecule has 0 aliphatic rings. The Morgan fingerprint density at radius 3 is 2.06 bits per heavy atom. The zero-order chi connectivity index (χ0) is 12.1. The van der Waals surface area contributed by atoms with Gasteiger partial charge in [-0.2, -0.15) is 0 Å². The van der Waals surface area contributed by atoms with Crippen molar-refractivity contribution >= 4 is 0 Å². The van der Waals surface area contributed by atoms with Crippen molar-refractivity contribution in [3.8, 4) is 5.75 Å². The van der Waals surface area contributed by atoms with Crippen molar-refractivity contribution in [1.82, 2.24) is 0 Å². The first kappa shape index (κ1) is 13.0. The molecule has 1 N–H and O–H groups in total. The van der Waals surface area contributed by atoms with Gasteiger partial charge in [0.2, 0.25) is 0 Å². The second kappa shape index (κ2) is 5.90. The normalized spacial score (nSPS) is 13.2. The highest BCUT2D eigenvalue weighted by Gasteiger charge is 2.09. The van der Waals surface area contributed by atoms with E-state index in [9.17, 15) is 5.11 Å². The maximum Gasteiger partial charge on any atom is 0.119 e. The minimum absolute atomic E-state index is 0.231. The van der Waals surface area contributed by atoms with E-state index in [1.807, 2.05) is 26.0 Å². The predicted octanol–water partition coefficient (Wildman–Crippen LogP) is 3.21. The molecule has 16 heavy (non-hydrogen) atoms. The zero-order valence-electron chi connectivity index (χ0n) is 10.6. The molecule has 2 heteroatoms. The first-order chi connectivity index (χ1) is 7.50. The first-order valence-corrected chi connectivity index (χ1v) is 5.91. The van der Waals surface area contributed by atoms with Crippen LogP contribution < -0.4 is 4.74 Å². The summed E-state index contributed by atoms with van der Waals surface area (Å²) in [4.78, 5) is 0. The van der Waals surface area contributed by atoms with Crippen LogP contribution in [0.4, 0.5) is 0 Å². The van der Waals surface area contributed by atoms with Gasteiger partial charge in [-0.05, 0) is 29.5 Å². The maximum atomic E-state index is 9.61. The lowest BCUT2D eigenvalue weighted by Crippen LogP contribution is -2.23. The molecule has 90 valence electrons. The SMILES string of the molecule is CC(C)c1ccc(OCC(O)C(C)C)cc1.